The minimum atomic E-state index is -0.545. The van der Waals surface area contributed by atoms with Crippen molar-refractivity contribution in [2.24, 2.45) is 0 Å². The molecule has 0 saturated carbocycles. The number of benzene rings is 2. The summed E-state index contributed by atoms with van der Waals surface area (Å²) in [6.07, 6.45) is 1.65. The van der Waals surface area contributed by atoms with E-state index in [2.05, 4.69) is 9.97 Å². The normalized spacial score (nSPS) is 16.6. The number of nitro groups is 1. The number of hydrogen-bond donors (Lipinski definition) is 1. The van der Waals surface area contributed by atoms with E-state index in [4.69, 9.17) is 4.74 Å². The van der Waals surface area contributed by atoms with Gasteiger partial charge in [-0.1, -0.05) is 12.1 Å². The van der Waals surface area contributed by atoms with E-state index in [1.807, 2.05) is 24.3 Å². The lowest BCUT2D eigenvalue weighted by Gasteiger charge is -2.23. The molecule has 0 bridgehead atoms. The highest BCUT2D eigenvalue weighted by Gasteiger charge is 2.33. The monoisotopic (exact) mass is 366 g/mol. The van der Waals surface area contributed by atoms with Crippen LogP contribution >= 0.6 is 0 Å². The van der Waals surface area contributed by atoms with Gasteiger partial charge < -0.3 is 14.6 Å². The zero-order chi connectivity index (χ0) is 19.0. The number of nitrogens with zero attached hydrogens (tertiary/aromatic N) is 3. The van der Waals surface area contributed by atoms with Gasteiger partial charge in [0.2, 0.25) is 0 Å². The number of para-hydroxylation sites is 2. The Bertz CT molecular complexity index is 996. The number of carbonyl (C=O) groups is 1. The van der Waals surface area contributed by atoms with Crippen molar-refractivity contribution in [1.29, 1.82) is 0 Å². The molecular formula is C19H18N4O4. The number of H-pyrrole nitrogens is 1. The number of methoxy groups -OCH3 is 1. The van der Waals surface area contributed by atoms with Crippen LogP contribution in [-0.4, -0.2) is 39.4 Å². The first-order valence-electron chi connectivity index (χ1n) is 8.66. The summed E-state index contributed by atoms with van der Waals surface area (Å²) in [5, 5.41) is 11.2. The van der Waals surface area contributed by atoms with Crippen LogP contribution in [0.1, 0.15) is 35.1 Å². The number of amides is 1. The molecule has 3 aromatic rings. The first kappa shape index (κ1) is 17.0. The summed E-state index contributed by atoms with van der Waals surface area (Å²) in [6, 6.07) is 11.8. The van der Waals surface area contributed by atoms with Gasteiger partial charge in [0.05, 0.1) is 29.1 Å². The Morgan fingerprint density at radius 3 is 2.89 bits per heavy atom. The Kier molecular flexibility index (Phi) is 4.23. The molecule has 1 aromatic heterocycles. The maximum Gasteiger partial charge on any atom is 0.311 e. The molecule has 27 heavy (non-hydrogen) atoms. The highest BCUT2D eigenvalue weighted by molar-refractivity contribution is 5.95. The average molecular weight is 366 g/mol. The van der Waals surface area contributed by atoms with E-state index in [1.54, 1.807) is 11.0 Å². The molecule has 1 atom stereocenters. The molecule has 2 heterocycles. The molecule has 0 unspecified atom stereocenters. The standard InChI is InChI=1S/C19H18N4O4/c1-27-17-9-8-12(11-16(17)23(25)26)19(24)22-10-4-7-15(22)18-20-13-5-2-3-6-14(13)21-18/h2-3,5-6,8-9,11,15H,4,7,10H2,1H3,(H,20,21)/t15-/m0/s1. The van der Waals surface area contributed by atoms with Crippen LogP contribution in [-0.2, 0) is 0 Å². The molecule has 4 rings (SSSR count). The van der Waals surface area contributed by atoms with E-state index in [0.717, 1.165) is 29.7 Å². The molecule has 1 aliphatic rings. The fraction of sp³-hybridized carbons (Fsp3) is 0.263. The number of nitro benzene ring substituents is 1. The molecule has 2 aromatic carbocycles. The van der Waals surface area contributed by atoms with Crippen LogP contribution in [0.5, 0.6) is 5.75 Å². The first-order valence-corrected chi connectivity index (χ1v) is 8.66. The van der Waals surface area contributed by atoms with Gasteiger partial charge >= 0.3 is 5.69 Å². The fourth-order valence-electron chi connectivity index (χ4n) is 3.56. The van der Waals surface area contributed by atoms with Gasteiger partial charge in [0, 0.05) is 18.2 Å². The van der Waals surface area contributed by atoms with E-state index >= 15 is 0 Å². The Morgan fingerprint density at radius 1 is 1.33 bits per heavy atom. The number of likely N-dealkylation sites (tertiary alicyclic amines) is 1. The molecule has 1 fully saturated rings. The van der Waals surface area contributed by atoms with Crippen molar-refractivity contribution in [2.75, 3.05) is 13.7 Å². The Balaban J connectivity index is 1.66. The van der Waals surface area contributed by atoms with Crippen LogP contribution in [0.4, 0.5) is 5.69 Å². The van der Waals surface area contributed by atoms with Crippen molar-refractivity contribution in [3.8, 4) is 5.75 Å². The number of carbonyl (C=O) groups excluding carboxylic acids is 1. The lowest BCUT2D eigenvalue weighted by Crippen LogP contribution is -2.31. The summed E-state index contributed by atoms with van der Waals surface area (Å²) >= 11 is 0. The van der Waals surface area contributed by atoms with Gasteiger partial charge in [-0.3, -0.25) is 14.9 Å². The number of hydrogen-bond acceptors (Lipinski definition) is 5. The zero-order valence-electron chi connectivity index (χ0n) is 14.7. The number of imidazole rings is 1. The summed E-state index contributed by atoms with van der Waals surface area (Å²) in [4.78, 5) is 33.4. The second-order valence-corrected chi connectivity index (χ2v) is 6.44. The first-order chi connectivity index (χ1) is 13.1. The minimum absolute atomic E-state index is 0.131. The molecule has 1 saturated heterocycles. The number of ether oxygens (including phenoxy) is 1. The van der Waals surface area contributed by atoms with E-state index in [0.29, 0.717) is 6.54 Å². The SMILES string of the molecule is COc1ccc(C(=O)N2CCC[C@H]2c2nc3ccccc3[nH]2)cc1[N+](=O)[O-]. The van der Waals surface area contributed by atoms with Gasteiger partial charge in [-0.15, -0.1) is 0 Å². The topological polar surface area (TPSA) is 101 Å². The van der Waals surface area contributed by atoms with Crippen molar-refractivity contribution >= 4 is 22.6 Å². The maximum atomic E-state index is 13.0. The van der Waals surface area contributed by atoms with E-state index < -0.39 is 4.92 Å². The van der Waals surface area contributed by atoms with Crippen molar-refractivity contribution in [3.05, 3.63) is 64.0 Å². The van der Waals surface area contributed by atoms with Crippen LogP contribution in [0.15, 0.2) is 42.5 Å². The third kappa shape index (κ3) is 2.99. The quantitative estimate of drug-likeness (QED) is 0.563. The summed E-state index contributed by atoms with van der Waals surface area (Å²) < 4.78 is 5.01. The molecular weight excluding hydrogens is 348 g/mol. The predicted molar refractivity (Wildman–Crippen MR) is 98.8 cm³/mol. The second kappa shape index (κ2) is 6.71. The van der Waals surface area contributed by atoms with Crippen LogP contribution in [0, 0.1) is 10.1 Å². The highest BCUT2D eigenvalue weighted by atomic mass is 16.6. The van der Waals surface area contributed by atoms with Gasteiger partial charge in [0.25, 0.3) is 5.91 Å². The number of rotatable bonds is 4. The van der Waals surface area contributed by atoms with Crippen molar-refractivity contribution in [2.45, 2.75) is 18.9 Å². The van der Waals surface area contributed by atoms with Gasteiger partial charge in [-0.05, 0) is 37.1 Å². The van der Waals surface area contributed by atoms with E-state index in [1.165, 1.54) is 19.2 Å². The summed E-state index contributed by atoms with van der Waals surface area (Å²) in [5.74, 6) is 0.626. The van der Waals surface area contributed by atoms with E-state index in [9.17, 15) is 14.9 Å². The van der Waals surface area contributed by atoms with Crippen LogP contribution < -0.4 is 4.74 Å². The average Bonchev–Trinajstić information content (AvgIpc) is 3.33. The molecule has 1 N–H and O–H groups in total. The van der Waals surface area contributed by atoms with Crippen LogP contribution in [0.25, 0.3) is 11.0 Å². The molecule has 8 nitrogen and oxygen atoms in total. The smallest absolute Gasteiger partial charge is 0.311 e. The Hall–Kier alpha value is -3.42. The summed E-state index contributed by atoms with van der Waals surface area (Å²) in [7, 11) is 1.36. The largest absolute Gasteiger partial charge is 0.490 e. The van der Waals surface area contributed by atoms with Crippen LogP contribution in [0.3, 0.4) is 0 Å². The third-order valence-corrected chi connectivity index (χ3v) is 4.86. The van der Waals surface area contributed by atoms with Gasteiger partial charge in [-0.2, -0.15) is 0 Å². The molecule has 0 spiro atoms. The van der Waals surface area contributed by atoms with Gasteiger partial charge in [-0.25, -0.2) is 4.98 Å². The van der Waals surface area contributed by atoms with E-state index in [-0.39, 0.29) is 28.9 Å². The molecule has 1 amide bonds. The lowest BCUT2D eigenvalue weighted by atomic mass is 10.1. The number of aromatic amines is 1. The Labute approximate surface area is 154 Å². The molecule has 8 heteroatoms. The fourth-order valence-corrected chi connectivity index (χ4v) is 3.56. The summed E-state index contributed by atoms with van der Waals surface area (Å²) in [5.41, 5.74) is 1.83. The molecule has 1 aliphatic heterocycles. The van der Waals surface area contributed by atoms with Gasteiger partial charge in [0.1, 0.15) is 5.82 Å². The maximum absolute atomic E-state index is 13.0. The number of nitrogens with one attached hydrogen (secondary N) is 1. The van der Waals surface area contributed by atoms with Crippen molar-refractivity contribution in [3.63, 3.8) is 0 Å². The molecule has 0 aliphatic carbocycles. The predicted octanol–water partition coefficient (Wildman–Crippen LogP) is 3.46. The lowest BCUT2D eigenvalue weighted by molar-refractivity contribution is -0.385. The van der Waals surface area contributed by atoms with Gasteiger partial charge in [0.15, 0.2) is 5.75 Å². The second-order valence-electron chi connectivity index (χ2n) is 6.44. The third-order valence-electron chi connectivity index (χ3n) is 4.86. The Morgan fingerprint density at radius 2 is 2.15 bits per heavy atom. The highest BCUT2D eigenvalue weighted by Crippen LogP contribution is 2.34. The van der Waals surface area contributed by atoms with Crippen molar-refractivity contribution < 1.29 is 14.5 Å². The molecule has 138 valence electrons. The van der Waals surface area contributed by atoms with Crippen molar-refractivity contribution in [1.82, 2.24) is 14.9 Å². The number of aromatic nitrogens is 2. The minimum Gasteiger partial charge on any atom is -0.490 e. The van der Waals surface area contributed by atoms with Crippen LogP contribution in [0.2, 0.25) is 0 Å². The number of fused-ring (bicyclic) bond motifs is 1. The zero-order valence-corrected chi connectivity index (χ0v) is 14.7. The summed E-state index contributed by atoms with van der Waals surface area (Å²) in [6.45, 7) is 0.584. The molecule has 0 radical (unpaired) electrons.